The van der Waals surface area contributed by atoms with Gasteiger partial charge in [0.15, 0.2) is 15.6 Å². The summed E-state index contributed by atoms with van der Waals surface area (Å²) >= 11 is 6.13. The third-order valence-electron chi connectivity index (χ3n) is 4.63. The van der Waals surface area contributed by atoms with Gasteiger partial charge in [-0.05, 0) is 30.3 Å². The number of carbonyl (C=O) groups excluding carboxylic acids is 1. The molecule has 130 valence electrons. The fraction of sp³-hybridized carbons (Fsp3) is 0.278. The van der Waals surface area contributed by atoms with Crippen molar-refractivity contribution in [3.8, 4) is 11.5 Å². The number of hydrogen-bond acceptors (Lipinski definition) is 4. The van der Waals surface area contributed by atoms with Gasteiger partial charge in [0.05, 0.1) is 23.2 Å². The molecule has 0 radical (unpaired) electrons. The van der Waals surface area contributed by atoms with Gasteiger partial charge in [0, 0.05) is 17.4 Å². The van der Waals surface area contributed by atoms with E-state index in [0.29, 0.717) is 22.2 Å². The molecule has 2 aliphatic rings. The molecule has 2 aromatic rings. The summed E-state index contributed by atoms with van der Waals surface area (Å²) < 4.78 is 29.9. The van der Waals surface area contributed by atoms with Crippen molar-refractivity contribution in [1.82, 2.24) is 0 Å². The zero-order valence-corrected chi connectivity index (χ0v) is 14.8. The number of benzene rings is 2. The van der Waals surface area contributed by atoms with Crippen LogP contribution in [0.2, 0.25) is 5.02 Å². The minimum absolute atomic E-state index is 0.0132. The maximum absolute atomic E-state index is 12.5. The molecule has 7 heteroatoms. The minimum Gasteiger partial charge on any atom is -0.455 e. The highest BCUT2D eigenvalue weighted by atomic mass is 35.5. The van der Waals surface area contributed by atoms with Gasteiger partial charge < -0.3 is 9.64 Å². The maximum Gasteiger partial charge on any atom is 0.227 e. The van der Waals surface area contributed by atoms with Crippen LogP contribution in [0.1, 0.15) is 6.42 Å². The standard InChI is InChI=1S/C18H16ClNO4S/c19-13-6-7-17(24-14-4-2-1-3-5-14)15(9-13)20-16-11-25(22,23)10-12(16)8-18(20)21/h1-7,9,12,16H,8,10-11H2/t12-,16-/m1/s1. The smallest absolute Gasteiger partial charge is 0.227 e. The Kier molecular flexibility index (Phi) is 3.96. The molecule has 0 N–H and O–H groups in total. The first kappa shape index (κ1) is 16.4. The molecule has 0 spiro atoms. The molecular weight excluding hydrogens is 362 g/mol. The van der Waals surface area contributed by atoms with Gasteiger partial charge in [0.2, 0.25) is 5.91 Å². The van der Waals surface area contributed by atoms with E-state index < -0.39 is 9.84 Å². The molecule has 2 saturated heterocycles. The van der Waals surface area contributed by atoms with E-state index in [-0.39, 0.29) is 35.8 Å². The molecule has 0 aliphatic carbocycles. The van der Waals surface area contributed by atoms with Crippen LogP contribution < -0.4 is 9.64 Å². The van der Waals surface area contributed by atoms with E-state index in [2.05, 4.69) is 0 Å². The van der Waals surface area contributed by atoms with Gasteiger partial charge >= 0.3 is 0 Å². The van der Waals surface area contributed by atoms with Gasteiger partial charge in [0.25, 0.3) is 0 Å². The molecule has 2 aromatic carbocycles. The fourth-order valence-corrected chi connectivity index (χ4v) is 5.82. The number of carbonyl (C=O) groups is 1. The number of rotatable bonds is 3. The number of hydrogen-bond donors (Lipinski definition) is 0. The van der Waals surface area contributed by atoms with Gasteiger partial charge in [0.1, 0.15) is 5.75 Å². The van der Waals surface area contributed by atoms with E-state index in [0.717, 1.165) is 0 Å². The molecule has 2 aliphatic heterocycles. The van der Waals surface area contributed by atoms with Gasteiger partial charge in [-0.3, -0.25) is 4.79 Å². The predicted octanol–water partition coefficient (Wildman–Crippen LogP) is 3.28. The third kappa shape index (κ3) is 3.12. The van der Waals surface area contributed by atoms with Crippen molar-refractivity contribution in [1.29, 1.82) is 0 Å². The van der Waals surface area contributed by atoms with Crippen molar-refractivity contribution in [2.75, 3.05) is 16.4 Å². The summed E-state index contributed by atoms with van der Waals surface area (Å²) in [4.78, 5) is 14.1. The Bertz CT molecular complexity index is 929. The summed E-state index contributed by atoms with van der Waals surface area (Å²) in [6.07, 6.45) is 0.237. The van der Waals surface area contributed by atoms with Gasteiger partial charge in [-0.15, -0.1) is 0 Å². The van der Waals surface area contributed by atoms with Crippen LogP contribution in [0.4, 0.5) is 5.69 Å². The zero-order chi connectivity index (χ0) is 17.6. The van der Waals surface area contributed by atoms with E-state index >= 15 is 0 Å². The normalized spacial score (nSPS) is 24.4. The van der Waals surface area contributed by atoms with E-state index in [4.69, 9.17) is 16.3 Å². The van der Waals surface area contributed by atoms with Crippen LogP contribution >= 0.6 is 11.6 Å². The molecule has 0 saturated carbocycles. The summed E-state index contributed by atoms with van der Waals surface area (Å²) in [5, 5.41) is 0.465. The molecule has 0 aromatic heterocycles. The Balaban J connectivity index is 1.74. The Morgan fingerprint density at radius 2 is 1.84 bits per heavy atom. The number of anilines is 1. The number of halogens is 1. The average Bonchev–Trinajstić information content (AvgIpc) is 3.00. The number of nitrogens with zero attached hydrogens (tertiary/aromatic N) is 1. The molecule has 0 unspecified atom stereocenters. The second-order valence-electron chi connectivity index (χ2n) is 6.40. The summed E-state index contributed by atoms with van der Waals surface area (Å²) in [6.45, 7) is 0. The first-order valence-electron chi connectivity index (χ1n) is 7.98. The zero-order valence-electron chi connectivity index (χ0n) is 13.3. The van der Waals surface area contributed by atoms with Crippen LogP contribution in [0.5, 0.6) is 11.5 Å². The second-order valence-corrected chi connectivity index (χ2v) is 8.99. The van der Waals surface area contributed by atoms with Crippen molar-refractivity contribution in [3.05, 3.63) is 53.6 Å². The van der Waals surface area contributed by atoms with Crippen molar-refractivity contribution < 1.29 is 17.9 Å². The lowest BCUT2D eigenvalue weighted by Gasteiger charge is -2.25. The third-order valence-corrected chi connectivity index (χ3v) is 6.65. The predicted molar refractivity (Wildman–Crippen MR) is 96.0 cm³/mol. The molecule has 25 heavy (non-hydrogen) atoms. The van der Waals surface area contributed by atoms with Crippen molar-refractivity contribution in [3.63, 3.8) is 0 Å². The maximum atomic E-state index is 12.5. The number of fused-ring (bicyclic) bond motifs is 1. The highest BCUT2D eigenvalue weighted by Gasteiger charge is 2.49. The van der Waals surface area contributed by atoms with E-state index in [1.807, 2.05) is 30.3 Å². The lowest BCUT2D eigenvalue weighted by molar-refractivity contribution is -0.117. The Morgan fingerprint density at radius 3 is 2.60 bits per heavy atom. The van der Waals surface area contributed by atoms with E-state index in [1.54, 1.807) is 23.1 Å². The molecule has 2 fully saturated rings. The number of sulfone groups is 1. The van der Waals surface area contributed by atoms with Gasteiger partial charge in [-0.1, -0.05) is 29.8 Å². The van der Waals surface area contributed by atoms with Crippen molar-refractivity contribution in [2.45, 2.75) is 12.5 Å². The summed E-state index contributed by atoms with van der Waals surface area (Å²) in [6, 6.07) is 13.9. The van der Waals surface area contributed by atoms with Gasteiger partial charge in [-0.25, -0.2) is 8.42 Å². The monoisotopic (exact) mass is 377 g/mol. The number of ether oxygens (including phenoxy) is 1. The first-order chi connectivity index (χ1) is 11.9. The fourth-order valence-electron chi connectivity index (χ4n) is 3.58. The highest BCUT2D eigenvalue weighted by molar-refractivity contribution is 7.91. The number of amides is 1. The van der Waals surface area contributed by atoms with E-state index in [9.17, 15) is 13.2 Å². The van der Waals surface area contributed by atoms with Crippen molar-refractivity contribution >= 4 is 33.0 Å². The molecule has 1 amide bonds. The summed E-state index contributed by atoms with van der Waals surface area (Å²) in [5.74, 6) is 0.907. The van der Waals surface area contributed by atoms with Crippen LogP contribution in [0.25, 0.3) is 0 Å². The summed E-state index contributed by atoms with van der Waals surface area (Å²) in [7, 11) is -3.12. The highest BCUT2D eigenvalue weighted by Crippen LogP contribution is 2.43. The van der Waals surface area contributed by atoms with Crippen molar-refractivity contribution in [2.24, 2.45) is 5.92 Å². The van der Waals surface area contributed by atoms with Gasteiger partial charge in [-0.2, -0.15) is 0 Å². The van der Waals surface area contributed by atoms with E-state index in [1.165, 1.54) is 0 Å². The Hall–Kier alpha value is -2.05. The van der Waals surface area contributed by atoms with Crippen LogP contribution in [0, 0.1) is 5.92 Å². The molecule has 2 atom stereocenters. The molecule has 5 nitrogen and oxygen atoms in total. The largest absolute Gasteiger partial charge is 0.455 e. The van der Waals surface area contributed by atoms with Crippen LogP contribution in [0.3, 0.4) is 0 Å². The van der Waals surface area contributed by atoms with Crippen LogP contribution in [-0.2, 0) is 14.6 Å². The minimum atomic E-state index is -3.12. The topological polar surface area (TPSA) is 63.7 Å². The SMILES string of the molecule is O=C1C[C@@H]2CS(=O)(=O)C[C@H]2N1c1cc(Cl)ccc1Oc1ccccc1. The van der Waals surface area contributed by atoms with Crippen LogP contribution in [-0.4, -0.2) is 31.9 Å². The molecule has 4 rings (SSSR count). The molecular formula is C18H16ClNO4S. The Labute approximate surface area is 151 Å². The average molecular weight is 378 g/mol. The second kappa shape index (κ2) is 6.04. The number of para-hydroxylation sites is 1. The molecule has 2 heterocycles. The lowest BCUT2D eigenvalue weighted by atomic mass is 10.0. The quantitative estimate of drug-likeness (QED) is 0.823. The van der Waals surface area contributed by atoms with Crippen LogP contribution in [0.15, 0.2) is 48.5 Å². The Morgan fingerprint density at radius 1 is 1.08 bits per heavy atom. The first-order valence-corrected chi connectivity index (χ1v) is 10.2. The summed E-state index contributed by atoms with van der Waals surface area (Å²) in [5.41, 5.74) is 0.519. The lowest BCUT2D eigenvalue weighted by Crippen LogP contribution is -2.36. The molecule has 0 bridgehead atoms.